The Balaban J connectivity index is 1.69. The molecule has 0 fully saturated rings. The van der Waals surface area contributed by atoms with Gasteiger partial charge in [-0.3, -0.25) is 9.78 Å². The van der Waals surface area contributed by atoms with Crippen molar-refractivity contribution in [2.24, 2.45) is 0 Å². The number of halogens is 1. The molecule has 0 spiro atoms. The van der Waals surface area contributed by atoms with Crippen molar-refractivity contribution in [3.8, 4) is 11.4 Å². The number of amides is 1. The number of rotatable bonds is 6. The van der Waals surface area contributed by atoms with Crippen molar-refractivity contribution >= 4 is 35.0 Å². The molecule has 134 valence electrons. The molecule has 3 aromatic rings. The van der Waals surface area contributed by atoms with Crippen molar-refractivity contribution in [3.05, 3.63) is 53.3 Å². The summed E-state index contributed by atoms with van der Waals surface area (Å²) in [6, 6.07) is 9.19. The number of hydrogen-bond acceptors (Lipinski definition) is 5. The lowest BCUT2D eigenvalue weighted by Crippen LogP contribution is -2.15. The van der Waals surface area contributed by atoms with Crippen LogP contribution in [0.15, 0.2) is 47.9 Å². The molecule has 0 saturated heterocycles. The van der Waals surface area contributed by atoms with E-state index in [-0.39, 0.29) is 11.7 Å². The maximum Gasteiger partial charge on any atom is 0.234 e. The van der Waals surface area contributed by atoms with Crippen LogP contribution in [-0.4, -0.2) is 31.4 Å². The minimum atomic E-state index is -0.114. The second-order valence-corrected chi connectivity index (χ2v) is 6.96. The fraction of sp³-hybridized carbons (Fsp3) is 0.222. The Morgan fingerprint density at radius 3 is 2.73 bits per heavy atom. The van der Waals surface area contributed by atoms with Crippen molar-refractivity contribution in [1.82, 2.24) is 19.7 Å². The van der Waals surface area contributed by atoms with Crippen molar-refractivity contribution in [3.63, 3.8) is 0 Å². The fourth-order valence-electron chi connectivity index (χ4n) is 2.44. The first-order chi connectivity index (χ1) is 12.6. The molecule has 6 nitrogen and oxygen atoms in total. The summed E-state index contributed by atoms with van der Waals surface area (Å²) in [4.78, 5) is 16.3. The van der Waals surface area contributed by atoms with Gasteiger partial charge in [-0.2, -0.15) is 0 Å². The lowest BCUT2D eigenvalue weighted by molar-refractivity contribution is -0.113. The number of nitrogens with zero attached hydrogens (tertiary/aromatic N) is 4. The summed E-state index contributed by atoms with van der Waals surface area (Å²) in [7, 11) is 0. The molecule has 2 aromatic heterocycles. The molecule has 0 bridgehead atoms. The Morgan fingerprint density at radius 2 is 2.00 bits per heavy atom. The third-order valence-corrected chi connectivity index (χ3v) is 4.98. The Kier molecular flexibility index (Phi) is 5.90. The number of hydrogen-bond donors (Lipinski definition) is 1. The molecular weight excluding hydrogens is 370 g/mol. The predicted molar refractivity (Wildman–Crippen MR) is 104 cm³/mol. The molecule has 0 radical (unpaired) electrons. The second kappa shape index (κ2) is 8.33. The third kappa shape index (κ3) is 4.23. The molecule has 0 aliphatic rings. The molecule has 0 atom stereocenters. The summed E-state index contributed by atoms with van der Waals surface area (Å²) in [6.07, 6.45) is 3.44. The maximum atomic E-state index is 12.3. The smallest absolute Gasteiger partial charge is 0.234 e. The van der Waals surface area contributed by atoms with E-state index in [1.807, 2.05) is 36.6 Å². The van der Waals surface area contributed by atoms with Crippen molar-refractivity contribution < 1.29 is 4.79 Å². The normalized spacial score (nSPS) is 10.7. The van der Waals surface area contributed by atoms with Crippen LogP contribution in [0.1, 0.15) is 12.5 Å². The van der Waals surface area contributed by atoms with E-state index in [2.05, 4.69) is 20.5 Å². The van der Waals surface area contributed by atoms with Crippen LogP contribution in [0.2, 0.25) is 5.02 Å². The van der Waals surface area contributed by atoms with Gasteiger partial charge < -0.3 is 9.88 Å². The van der Waals surface area contributed by atoms with E-state index in [0.29, 0.717) is 16.7 Å². The van der Waals surface area contributed by atoms with Gasteiger partial charge in [-0.15, -0.1) is 10.2 Å². The number of aryl methyl sites for hydroxylation is 1. The van der Waals surface area contributed by atoms with Crippen LogP contribution in [0, 0.1) is 6.92 Å². The minimum absolute atomic E-state index is 0.114. The number of pyridine rings is 1. The molecule has 3 rings (SSSR count). The van der Waals surface area contributed by atoms with E-state index in [1.54, 1.807) is 24.5 Å². The van der Waals surface area contributed by atoms with Gasteiger partial charge in [-0.05, 0) is 43.7 Å². The average Bonchev–Trinajstić information content (AvgIpc) is 3.06. The summed E-state index contributed by atoms with van der Waals surface area (Å²) in [5, 5.41) is 12.7. The lowest BCUT2D eigenvalue weighted by Gasteiger charge is -2.09. The summed E-state index contributed by atoms with van der Waals surface area (Å²) >= 11 is 7.34. The Bertz CT molecular complexity index is 913. The Hall–Kier alpha value is -2.38. The molecule has 26 heavy (non-hydrogen) atoms. The highest BCUT2D eigenvalue weighted by Gasteiger charge is 2.15. The van der Waals surface area contributed by atoms with Crippen LogP contribution < -0.4 is 5.32 Å². The van der Waals surface area contributed by atoms with Gasteiger partial charge in [-0.25, -0.2) is 0 Å². The number of carbonyl (C=O) groups excluding carboxylic acids is 1. The number of benzene rings is 1. The van der Waals surface area contributed by atoms with Crippen LogP contribution in [0.3, 0.4) is 0 Å². The van der Waals surface area contributed by atoms with Crippen LogP contribution in [0.5, 0.6) is 0 Å². The lowest BCUT2D eigenvalue weighted by atomic mass is 10.2. The molecule has 0 aliphatic heterocycles. The van der Waals surface area contributed by atoms with E-state index in [4.69, 9.17) is 11.6 Å². The number of aromatic nitrogens is 4. The van der Waals surface area contributed by atoms with Crippen LogP contribution in [0.25, 0.3) is 11.4 Å². The Labute approximate surface area is 161 Å². The zero-order valence-corrected chi connectivity index (χ0v) is 16.0. The van der Waals surface area contributed by atoms with E-state index in [0.717, 1.165) is 22.6 Å². The van der Waals surface area contributed by atoms with Gasteiger partial charge in [0.15, 0.2) is 11.0 Å². The van der Waals surface area contributed by atoms with Crippen LogP contribution in [-0.2, 0) is 11.3 Å². The second-order valence-electron chi connectivity index (χ2n) is 5.58. The van der Waals surface area contributed by atoms with Crippen molar-refractivity contribution in [2.45, 2.75) is 25.5 Å². The first-order valence-corrected chi connectivity index (χ1v) is 9.47. The highest BCUT2D eigenvalue weighted by Crippen LogP contribution is 2.24. The van der Waals surface area contributed by atoms with Gasteiger partial charge >= 0.3 is 0 Å². The quantitative estimate of drug-likeness (QED) is 0.646. The van der Waals surface area contributed by atoms with Gasteiger partial charge in [0.1, 0.15) is 0 Å². The highest BCUT2D eigenvalue weighted by molar-refractivity contribution is 7.99. The third-order valence-electron chi connectivity index (χ3n) is 3.78. The molecule has 8 heteroatoms. The minimum Gasteiger partial charge on any atom is -0.325 e. The molecule has 0 saturated carbocycles. The SMILES string of the molecule is CCn1c(SCC(=O)Nc2cc(Cl)ccc2C)nnc1-c1ccncc1. The van der Waals surface area contributed by atoms with Gasteiger partial charge in [-0.1, -0.05) is 29.4 Å². The average molecular weight is 388 g/mol. The zero-order valence-electron chi connectivity index (χ0n) is 14.4. The summed E-state index contributed by atoms with van der Waals surface area (Å²) in [6.45, 7) is 4.66. The van der Waals surface area contributed by atoms with Gasteiger partial charge in [0.2, 0.25) is 5.91 Å². The Morgan fingerprint density at radius 1 is 1.23 bits per heavy atom. The maximum absolute atomic E-state index is 12.3. The zero-order chi connectivity index (χ0) is 18.5. The number of thioether (sulfide) groups is 1. The number of anilines is 1. The molecular formula is C18H18ClN5OS. The van der Waals surface area contributed by atoms with E-state index >= 15 is 0 Å². The first kappa shape index (κ1) is 18.4. The highest BCUT2D eigenvalue weighted by atomic mass is 35.5. The van der Waals surface area contributed by atoms with Gasteiger partial charge in [0.25, 0.3) is 0 Å². The summed E-state index contributed by atoms with van der Waals surface area (Å²) < 4.78 is 1.98. The van der Waals surface area contributed by atoms with E-state index < -0.39 is 0 Å². The predicted octanol–water partition coefficient (Wildman–Crippen LogP) is 4.05. The van der Waals surface area contributed by atoms with Crippen LogP contribution >= 0.6 is 23.4 Å². The number of carbonyl (C=O) groups is 1. The monoisotopic (exact) mass is 387 g/mol. The first-order valence-electron chi connectivity index (χ1n) is 8.11. The molecule has 2 heterocycles. The summed E-state index contributed by atoms with van der Waals surface area (Å²) in [5.41, 5.74) is 2.63. The molecule has 0 unspecified atom stereocenters. The fourth-order valence-corrected chi connectivity index (χ4v) is 3.41. The number of nitrogens with one attached hydrogen (secondary N) is 1. The van der Waals surface area contributed by atoms with Crippen molar-refractivity contribution in [2.75, 3.05) is 11.1 Å². The van der Waals surface area contributed by atoms with Gasteiger partial charge in [0, 0.05) is 35.2 Å². The molecule has 0 aliphatic carbocycles. The standard InChI is InChI=1S/C18H18ClN5OS/c1-3-24-17(13-6-8-20-9-7-13)22-23-18(24)26-11-16(25)21-15-10-14(19)5-4-12(15)2/h4-10H,3,11H2,1-2H3,(H,21,25). The van der Waals surface area contributed by atoms with E-state index in [1.165, 1.54) is 11.8 Å². The molecule has 1 N–H and O–H groups in total. The topological polar surface area (TPSA) is 72.7 Å². The molecule has 1 amide bonds. The summed E-state index contributed by atoms with van der Waals surface area (Å²) in [5.74, 6) is 0.889. The van der Waals surface area contributed by atoms with Crippen molar-refractivity contribution in [1.29, 1.82) is 0 Å². The van der Waals surface area contributed by atoms with E-state index in [9.17, 15) is 4.79 Å². The van der Waals surface area contributed by atoms with Gasteiger partial charge in [0.05, 0.1) is 5.75 Å². The largest absolute Gasteiger partial charge is 0.325 e. The van der Waals surface area contributed by atoms with Crippen LogP contribution in [0.4, 0.5) is 5.69 Å². The molecule has 1 aromatic carbocycles.